The molecule has 1 fully saturated rings. The lowest BCUT2D eigenvalue weighted by Gasteiger charge is -2.12. The molecule has 0 aromatic heterocycles. The lowest BCUT2D eigenvalue weighted by atomic mass is 10.1. The average Bonchev–Trinajstić information content (AvgIpc) is 3.40. The van der Waals surface area contributed by atoms with E-state index in [2.05, 4.69) is 6.92 Å². The number of rotatable bonds is 17. The van der Waals surface area contributed by atoms with Gasteiger partial charge < -0.3 is 9.47 Å². The highest BCUT2D eigenvalue weighted by molar-refractivity contribution is 5.74. The molecule has 0 aliphatic heterocycles. The van der Waals surface area contributed by atoms with Crippen LogP contribution in [0.4, 0.5) is 0 Å². The van der Waals surface area contributed by atoms with Crippen LogP contribution in [0.2, 0.25) is 0 Å². The van der Waals surface area contributed by atoms with Gasteiger partial charge in [0.05, 0.1) is 6.61 Å². The molecule has 0 radical (unpaired) electrons. The van der Waals surface area contributed by atoms with Crippen molar-refractivity contribution in [2.45, 2.75) is 110 Å². The standard InChI is InChI=1S/C21H40O3/c1-3-4-5-6-7-8-9-10-11-12-17-23-19(2)21(22)24-18-13-14-20-15-16-20/h19-20H,3-18H2,1-2H3. The third-order valence-corrected chi connectivity index (χ3v) is 4.90. The Hall–Kier alpha value is -0.570. The van der Waals surface area contributed by atoms with E-state index in [0.717, 1.165) is 18.8 Å². The Balaban J connectivity index is 1.79. The highest BCUT2D eigenvalue weighted by Crippen LogP contribution is 2.33. The molecule has 3 heteroatoms. The van der Waals surface area contributed by atoms with E-state index in [1.807, 2.05) is 0 Å². The Morgan fingerprint density at radius 2 is 1.46 bits per heavy atom. The number of ether oxygens (including phenoxy) is 2. The number of unbranched alkanes of at least 4 members (excludes halogenated alkanes) is 9. The molecular weight excluding hydrogens is 300 g/mol. The van der Waals surface area contributed by atoms with Gasteiger partial charge in [0.1, 0.15) is 0 Å². The molecule has 1 unspecified atom stereocenters. The molecule has 1 aliphatic carbocycles. The molecule has 0 aromatic rings. The van der Waals surface area contributed by atoms with Gasteiger partial charge in [-0.3, -0.25) is 0 Å². The summed E-state index contributed by atoms with van der Waals surface area (Å²) in [5.74, 6) is 0.714. The topological polar surface area (TPSA) is 35.5 Å². The van der Waals surface area contributed by atoms with Crippen molar-refractivity contribution in [1.29, 1.82) is 0 Å². The van der Waals surface area contributed by atoms with Crippen LogP contribution in [0.3, 0.4) is 0 Å². The van der Waals surface area contributed by atoms with Gasteiger partial charge in [-0.2, -0.15) is 0 Å². The normalized spacial score (nSPS) is 15.4. The van der Waals surface area contributed by atoms with E-state index in [1.165, 1.54) is 77.0 Å². The maximum atomic E-state index is 11.8. The van der Waals surface area contributed by atoms with E-state index in [4.69, 9.17) is 9.47 Å². The summed E-state index contributed by atoms with van der Waals surface area (Å²) in [5.41, 5.74) is 0. The van der Waals surface area contributed by atoms with Gasteiger partial charge >= 0.3 is 5.97 Å². The second-order valence-electron chi connectivity index (χ2n) is 7.45. The first-order chi connectivity index (χ1) is 11.7. The summed E-state index contributed by atoms with van der Waals surface area (Å²) in [6.07, 6.45) is 17.7. The van der Waals surface area contributed by atoms with Crippen molar-refractivity contribution in [3.05, 3.63) is 0 Å². The van der Waals surface area contributed by atoms with E-state index in [9.17, 15) is 4.79 Å². The molecule has 0 bridgehead atoms. The van der Waals surface area contributed by atoms with Gasteiger partial charge in [-0.15, -0.1) is 0 Å². The van der Waals surface area contributed by atoms with Crippen molar-refractivity contribution >= 4 is 5.97 Å². The van der Waals surface area contributed by atoms with E-state index < -0.39 is 6.10 Å². The predicted octanol–water partition coefficient (Wildman–Crippen LogP) is 6.05. The van der Waals surface area contributed by atoms with Crippen molar-refractivity contribution in [3.63, 3.8) is 0 Å². The predicted molar refractivity (Wildman–Crippen MR) is 100 cm³/mol. The van der Waals surface area contributed by atoms with Crippen LogP contribution >= 0.6 is 0 Å². The zero-order valence-corrected chi connectivity index (χ0v) is 16.2. The minimum atomic E-state index is -0.413. The van der Waals surface area contributed by atoms with Gasteiger partial charge in [0.15, 0.2) is 6.10 Å². The Kier molecular flexibility index (Phi) is 13.2. The SMILES string of the molecule is CCCCCCCCCCCCOC(C)C(=O)OCCCC1CC1. The Morgan fingerprint density at radius 1 is 0.875 bits per heavy atom. The van der Waals surface area contributed by atoms with E-state index in [0.29, 0.717) is 13.2 Å². The Labute approximate surface area is 149 Å². The molecule has 1 aliphatic rings. The lowest BCUT2D eigenvalue weighted by Crippen LogP contribution is -2.24. The van der Waals surface area contributed by atoms with E-state index in [-0.39, 0.29) is 5.97 Å². The largest absolute Gasteiger partial charge is 0.464 e. The fourth-order valence-corrected chi connectivity index (χ4v) is 2.99. The number of hydrogen-bond acceptors (Lipinski definition) is 3. The highest BCUT2D eigenvalue weighted by Gasteiger charge is 2.21. The van der Waals surface area contributed by atoms with Crippen LogP contribution in [-0.4, -0.2) is 25.3 Å². The van der Waals surface area contributed by atoms with Crippen molar-refractivity contribution in [2.75, 3.05) is 13.2 Å². The molecule has 0 N–H and O–H groups in total. The van der Waals surface area contributed by atoms with Crippen molar-refractivity contribution < 1.29 is 14.3 Å². The van der Waals surface area contributed by atoms with Crippen molar-refractivity contribution in [3.8, 4) is 0 Å². The fraction of sp³-hybridized carbons (Fsp3) is 0.952. The summed E-state index contributed by atoms with van der Waals surface area (Å²) in [7, 11) is 0. The summed E-state index contributed by atoms with van der Waals surface area (Å²) in [6.45, 7) is 5.30. The third kappa shape index (κ3) is 12.8. The lowest BCUT2D eigenvalue weighted by molar-refractivity contribution is -0.156. The highest BCUT2D eigenvalue weighted by atomic mass is 16.6. The van der Waals surface area contributed by atoms with E-state index in [1.54, 1.807) is 6.92 Å². The summed E-state index contributed by atoms with van der Waals surface area (Å²) < 4.78 is 10.9. The van der Waals surface area contributed by atoms with Crippen LogP contribution in [0, 0.1) is 5.92 Å². The third-order valence-electron chi connectivity index (χ3n) is 4.90. The van der Waals surface area contributed by atoms with Crippen LogP contribution in [0.15, 0.2) is 0 Å². The second-order valence-corrected chi connectivity index (χ2v) is 7.45. The number of hydrogen-bond donors (Lipinski definition) is 0. The van der Waals surface area contributed by atoms with Crippen LogP contribution in [-0.2, 0) is 14.3 Å². The van der Waals surface area contributed by atoms with Crippen molar-refractivity contribution in [2.24, 2.45) is 5.92 Å². The second kappa shape index (κ2) is 14.7. The van der Waals surface area contributed by atoms with Gasteiger partial charge in [-0.25, -0.2) is 4.79 Å². The molecule has 24 heavy (non-hydrogen) atoms. The average molecular weight is 341 g/mol. The first-order valence-corrected chi connectivity index (χ1v) is 10.5. The maximum absolute atomic E-state index is 11.8. The first-order valence-electron chi connectivity index (χ1n) is 10.5. The van der Waals surface area contributed by atoms with Gasteiger partial charge in [-0.05, 0) is 32.1 Å². The first kappa shape index (κ1) is 21.5. The molecular formula is C21H40O3. The van der Waals surface area contributed by atoms with Crippen LogP contribution < -0.4 is 0 Å². The van der Waals surface area contributed by atoms with Crippen LogP contribution in [0.25, 0.3) is 0 Å². The summed E-state index contributed by atoms with van der Waals surface area (Å²) in [6, 6.07) is 0. The molecule has 1 atom stereocenters. The minimum absolute atomic E-state index is 0.196. The van der Waals surface area contributed by atoms with Gasteiger partial charge in [0.25, 0.3) is 0 Å². The summed E-state index contributed by atoms with van der Waals surface area (Å²) in [4.78, 5) is 11.8. The molecule has 0 amide bonds. The van der Waals surface area contributed by atoms with E-state index >= 15 is 0 Å². The van der Waals surface area contributed by atoms with Crippen LogP contribution in [0.5, 0.6) is 0 Å². The number of carbonyl (C=O) groups excluding carboxylic acids is 1. The maximum Gasteiger partial charge on any atom is 0.334 e. The fourth-order valence-electron chi connectivity index (χ4n) is 2.99. The summed E-state index contributed by atoms with van der Waals surface area (Å²) in [5, 5.41) is 0. The number of esters is 1. The Bertz CT molecular complexity index is 299. The smallest absolute Gasteiger partial charge is 0.334 e. The minimum Gasteiger partial charge on any atom is -0.464 e. The van der Waals surface area contributed by atoms with Crippen molar-refractivity contribution in [1.82, 2.24) is 0 Å². The molecule has 3 nitrogen and oxygen atoms in total. The monoisotopic (exact) mass is 340 g/mol. The molecule has 0 saturated heterocycles. The zero-order chi connectivity index (χ0) is 17.5. The molecule has 0 heterocycles. The molecule has 0 spiro atoms. The molecule has 1 rings (SSSR count). The Morgan fingerprint density at radius 3 is 2.04 bits per heavy atom. The zero-order valence-electron chi connectivity index (χ0n) is 16.2. The number of carbonyl (C=O) groups is 1. The molecule has 142 valence electrons. The van der Waals surface area contributed by atoms with Gasteiger partial charge in [0, 0.05) is 6.61 Å². The van der Waals surface area contributed by atoms with Gasteiger partial charge in [0.2, 0.25) is 0 Å². The van der Waals surface area contributed by atoms with Gasteiger partial charge in [-0.1, -0.05) is 77.6 Å². The molecule has 1 saturated carbocycles. The van der Waals surface area contributed by atoms with Crippen LogP contribution in [0.1, 0.15) is 104 Å². The quantitative estimate of drug-likeness (QED) is 0.239. The summed E-state index contributed by atoms with van der Waals surface area (Å²) >= 11 is 0. The molecule has 0 aromatic carbocycles.